The SMILES string of the molecule is CC(C)c1cc(C(C)C)c(Pc2c(C(C)C)cc(C(C)C)cc2C(C)C)c(C(C)C)c1.CC(C)c1cc(C(C)C)c(Pc2c(C(C)C)cc(C(C)C)cc2C(C)C)c(C(C)C)c1.CC1CCCCC1.[Ge]. The van der Waals surface area contributed by atoms with Crippen molar-refractivity contribution in [3.05, 3.63) is 115 Å². The van der Waals surface area contributed by atoms with E-state index in [0.717, 1.165) is 23.1 Å². The van der Waals surface area contributed by atoms with Crippen molar-refractivity contribution < 1.29 is 0 Å². The van der Waals surface area contributed by atoms with Gasteiger partial charge in [-0.25, -0.2) is 0 Å². The molecule has 1 saturated carbocycles. The van der Waals surface area contributed by atoms with E-state index in [0.29, 0.717) is 71.0 Å². The van der Waals surface area contributed by atoms with E-state index in [1.807, 2.05) is 0 Å². The van der Waals surface area contributed by atoms with Gasteiger partial charge in [0.25, 0.3) is 0 Å². The summed E-state index contributed by atoms with van der Waals surface area (Å²) >= 11 is 0. The first-order chi connectivity index (χ1) is 32.1. The summed E-state index contributed by atoms with van der Waals surface area (Å²) in [6.45, 7) is 58.8. The van der Waals surface area contributed by atoms with Gasteiger partial charge in [-0.3, -0.25) is 0 Å². The largest absolute Gasteiger partial charge is 0.0625 e. The Labute approximate surface area is 450 Å². The van der Waals surface area contributed by atoms with Crippen LogP contribution in [-0.4, -0.2) is 17.6 Å². The predicted molar refractivity (Wildman–Crippen MR) is 328 cm³/mol. The molecular weight excluding hydrogens is 939 g/mol. The van der Waals surface area contributed by atoms with Crippen LogP contribution in [0.5, 0.6) is 0 Å². The molecule has 0 amide bonds. The summed E-state index contributed by atoms with van der Waals surface area (Å²) in [7, 11) is 1.45. The third-order valence-electron chi connectivity index (χ3n) is 14.9. The van der Waals surface area contributed by atoms with Gasteiger partial charge in [0.1, 0.15) is 0 Å². The smallest absolute Gasteiger partial charge is 0 e. The van der Waals surface area contributed by atoms with Crippen LogP contribution in [0.15, 0.2) is 48.5 Å². The van der Waals surface area contributed by atoms with Crippen LogP contribution in [0.3, 0.4) is 0 Å². The Morgan fingerprint density at radius 3 is 0.529 bits per heavy atom. The Morgan fingerprint density at radius 2 is 0.429 bits per heavy atom. The Balaban J connectivity index is 0.000000415. The Hall–Kier alpha value is -1.72. The monoisotopic (exact) mass is 1050 g/mol. The third-order valence-corrected chi connectivity index (χ3v) is 18.2. The van der Waals surface area contributed by atoms with Crippen LogP contribution in [0.1, 0.15) is 343 Å². The number of hydrogen-bond acceptors (Lipinski definition) is 0. The molecule has 0 heterocycles. The molecular formula is C67H108GeP2. The molecule has 0 atom stereocenters. The van der Waals surface area contributed by atoms with Crippen LogP contribution in [0.4, 0.5) is 0 Å². The average molecular weight is 1050 g/mol. The zero-order chi connectivity index (χ0) is 52.3. The molecule has 0 unspecified atom stereocenters. The van der Waals surface area contributed by atoms with Gasteiger partial charge in [0.15, 0.2) is 0 Å². The molecule has 4 radical (unpaired) electrons. The summed E-state index contributed by atoms with van der Waals surface area (Å²) in [6, 6.07) is 20.1. The zero-order valence-electron chi connectivity index (χ0n) is 50.2. The molecule has 1 aliphatic rings. The van der Waals surface area contributed by atoms with E-state index in [-0.39, 0.29) is 17.6 Å². The number of hydrogen-bond donors (Lipinski definition) is 0. The molecule has 0 bridgehead atoms. The van der Waals surface area contributed by atoms with Crippen LogP contribution in [-0.2, 0) is 0 Å². The van der Waals surface area contributed by atoms with Gasteiger partial charge in [-0.05, 0) is 165 Å². The topological polar surface area (TPSA) is 0 Å². The molecule has 4 aromatic rings. The first kappa shape index (κ1) is 64.4. The van der Waals surface area contributed by atoms with Crippen molar-refractivity contribution in [3.8, 4) is 0 Å². The Morgan fingerprint density at radius 1 is 0.271 bits per heavy atom. The summed E-state index contributed by atoms with van der Waals surface area (Å²) in [4.78, 5) is 0. The summed E-state index contributed by atoms with van der Waals surface area (Å²) in [5.74, 6) is 7.62. The number of benzene rings is 4. The Bertz CT molecular complexity index is 1790. The van der Waals surface area contributed by atoms with Crippen molar-refractivity contribution in [1.29, 1.82) is 0 Å². The van der Waals surface area contributed by atoms with Gasteiger partial charge in [-0.15, -0.1) is 0 Å². The molecule has 390 valence electrons. The molecule has 0 aliphatic heterocycles. The van der Waals surface area contributed by atoms with Crippen molar-refractivity contribution in [1.82, 2.24) is 0 Å². The summed E-state index contributed by atoms with van der Waals surface area (Å²) < 4.78 is 0. The van der Waals surface area contributed by atoms with Crippen molar-refractivity contribution in [2.75, 3.05) is 0 Å². The van der Waals surface area contributed by atoms with Gasteiger partial charge in [0, 0.05) is 17.6 Å². The summed E-state index contributed by atoms with van der Waals surface area (Å²) in [5, 5.41) is 6.43. The van der Waals surface area contributed by atoms with Crippen LogP contribution in [0.25, 0.3) is 0 Å². The quantitative estimate of drug-likeness (QED) is 0.0775. The fraction of sp³-hybridized carbons (Fsp3) is 0.642. The maximum Gasteiger partial charge on any atom is 0 e. The van der Waals surface area contributed by atoms with Crippen LogP contribution in [0, 0.1) is 5.92 Å². The van der Waals surface area contributed by atoms with E-state index in [1.165, 1.54) is 54.4 Å². The van der Waals surface area contributed by atoms with E-state index in [2.05, 4.69) is 222 Å². The number of rotatable bonds is 16. The normalized spacial score (nSPS) is 13.6. The zero-order valence-corrected chi connectivity index (χ0v) is 54.3. The van der Waals surface area contributed by atoms with E-state index >= 15 is 0 Å². The second-order valence-electron chi connectivity index (χ2n) is 25.1. The second-order valence-corrected chi connectivity index (χ2v) is 27.6. The summed E-state index contributed by atoms with van der Waals surface area (Å²) in [5.41, 5.74) is 18.4. The molecule has 0 nitrogen and oxygen atoms in total. The third kappa shape index (κ3) is 17.7. The minimum absolute atomic E-state index is 0. The molecule has 70 heavy (non-hydrogen) atoms. The van der Waals surface area contributed by atoms with Gasteiger partial charge in [0.05, 0.1) is 0 Å². The van der Waals surface area contributed by atoms with Gasteiger partial charge >= 0.3 is 0 Å². The van der Waals surface area contributed by atoms with Crippen molar-refractivity contribution in [3.63, 3.8) is 0 Å². The fourth-order valence-corrected chi connectivity index (χ4v) is 14.5. The molecule has 1 fully saturated rings. The van der Waals surface area contributed by atoms with Crippen LogP contribution >= 0.6 is 17.2 Å². The fourth-order valence-electron chi connectivity index (χ4n) is 9.96. The van der Waals surface area contributed by atoms with E-state index in [1.54, 1.807) is 65.7 Å². The summed E-state index contributed by atoms with van der Waals surface area (Å²) in [6.07, 6.45) is 7.44. The minimum atomic E-state index is 0. The predicted octanol–water partition coefficient (Wildman–Crippen LogP) is 20.3. The molecule has 0 spiro atoms. The molecule has 0 aromatic heterocycles. The van der Waals surface area contributed by atoms with Crippen LogP contribution in [0.2, 0.25) is 0 Å². The van der Waals surface area contributed by atoms with E-state index in [4.69, 9.17) is 0 Å². The van der Waals surface area contributed by atoms with Gasteiger partial charge in [0.2, 0.25) is 0 Å². The first-order valence-electron chi connectivity index (χ1n) is 28.3. The molecule has 0 saturated heterocycles. The van der Waals surface area contributed by atoms with Gasteiger partial charge < -0.3 is 0 Å². The van der Waals surface area contributed by atoms with Crippen molar-refractivity contribution in [2.24, 2.45) is 5.92 Å². The molecule has 4 aromatic carbocycles. The molecule has 0 N–H and O–H groups in total. The standard InChI is InChI=1S/2C30H47P.C7H14.Ge/c2*1-17(2)23-13-25(19(5)6)29(26(14-23)20(7)8)31-30-27(21(9)10)15-24(18(3)4)16-28(30)22(11)12;1-7-5-3-2-4-6-7;/h2*13-22,31H,1-12H3;7H,2-6H2,1H3;. The van der Waals surface area contributed by atoms with Gasteiger partial charge in [-0.2, -0.15) is 0 Å². The van der Waals surface area contributed by atoms with Crippen LogP contribution < -0.4 is 21.2 Å². The second kappa shape index (κ2) is 29.4. The van der Waals surface area contributed by atoms with E-state index < -0.39 is 0 Å². The van der Waals surface area contributed by atoms with E-state index in [9.17, 15) is 0 Å². The molecule has 1 aliphatic carbocycles. The maximum absolute atomic E-state index is 2.51. The van der Waals surface area contributed by atoms with Crippen molar-refractivity contribution >= 4 is 56.0 Å². The maximum atomic E-state index is 2.51. The first-order valence-corrected chi connectivity index (χ1v) is 30.3. The van der Waals surface area contributed by atoms with Crippen molar-refractivity contribution in [2.45, 2.75) is 276 Å². The average Bonchev–Trinajstić information content (AvgIpc) is 3.26. The van der Waals surface area contributed by atoms with Gasteiger partial charge in [-0.1, -0.05) is 271 Å². The molecule has 5 rings (SSSR count). The molecule has 3 heteroatoms. The Kier molecular flexibility index (Phi) is 27.0. The minimum Gasteiger partial charge on any atom is -0.0625 e.